The van der Waals surface area contributed by atoms with Crippen molar-refractivity contribution in [2.75, 3.05) is 0 Å². The second kappa shape index (κ2) is 6.72. The summed E-state index contributed by atoms with van der Waals surface area (Å²) >= 11 is 5.73. The summed E-state index contributed by atoms with van der Waals surface area (Å²) in [6.45, 7) is 1.67. The highest BCUT2D eigenvalue weighted by molar-refractivity contribution is 6.30. The van der Waals surface area contributed by atoms with Gasteiger partial charge in [-0.15, -0.1) is 0 Å². The number of hydrazone groups is 1. The molecule has 10 nitrogen and oxygen atoms in total. The molecule has 0 bridgehead atoms. The molecular weight excluding hydrogens is 314 g/mol. The van der Waals surface area contributed by atoms with Crippen molar-refractivity contribution in [1.82, 2.24) is 25.6 Å². The zero-order chi connectivity index (χ0) is 16.1. The highest BCUT2D eigenvalue weighted by Crippen LogP contribution is 2.09. The number of hydrogen-bond acceptors (Lipinski definition) is 7. The van der Waals surface area contributed by atoms with Crippen LogP contribution < -0.4 is 5.43 Å². The number of halogens is 1. The van der Waals surface area contributed by atoms with Crippen molar-refractivity contribution in [3.63, 3.8) is 0 Å². The van der Waals surface area contributed by atoms with Crippen LogP contribution in [0.3, 0.4) is 0 Å². The van der Waals surface area contributed by atoms with Crippen LogP contribution in [-0.4, -0.2) is 36.7 Å². The molecule has 114 valence electrons. The fourth-order valence-electron chi connectivity index (χ4n) is 1.43. The lowest BCUT2D eigenvalue weighted by Crippen LogP contribution is -2.21. The maximum Gasteiger partial charge on any atom is 0.514 e. The average molecular weight is 324 g/mol. The second-order valence-electron chi connectivity index (χ2n) is 4.17. The van der Waals surface area contributed by atoms with Gasteiger partial charge >= 0.3 is 5.95 Å². The number of aromatic nitrogens is 4. The molecule has 1 aromatic carbocycles. The van der Waals surface area contributed by atoms with E-state index in [2.05, 4.69) is 25.9 Å². The molecule has 1 heterocycles. The summed E-state index contributed by atoms with van der Waals surface area (Å²) in [5.74, 6) is -1.01. The number of amides is 1. The molecule has 0 saturated heterocycles. The van der Waals surface area contributed by atoms with Crippen molar-refractivity contribution in [2.45, 2.75) is 13.5 Å². The molecule has 0 aliphatic rings. The number of nitro groups is 1. The summed E-state index contributed by atoms with van der Waals surface area (Å²) in [5, 5.41) is 25.1. The average Bonchev–Trinajstić information content (AvgIpc) is 2.94. The predicted octanol–water partition coefficient (Wildman–Crippen LogP) is 1.04. The topological polar surface area (TPSA) is 128 Å². The SMILES string of the molecule is C/C(Cn1nnc([N+](=O)[O-])n1)=N/NC(=O)c1ccc(Cl)cc1. The van der Waals surface area contributed by atoms with Crippen LogP contribution in [0.5, 0.6) is 0 Å². The lowest BCUT2D eigenvalue weighted by Gasteiger charge is -2.01. The first kappa shape index (κ1) is 15.5. The number of rotatable bonds is 5. The van der Waals surface area contributed by atoms with Crippen molar-refractivity contribution in [3.05, 3.63) is 45.0 Å². The van der Waals surface area contributed by atoms with Gasteiger partial charge in [0.05, 0.1) is 15.9 Å². The minimum Gasteiger partial charge on any atom is -0.390 e. The van der Waals surface area contributed by atoms with Gasteiger partial charge in [-0.1, -0.05) is 16.4 Å². The number of tetrazole rings is 1. The minimum absolute atomic E-state index is 0.0573. The van der Waals surface area contributed by atoms with Gasteiger partial charge in [-0.25, -0.2) is 5.43 Å². The Hall–Kier alpha value is -2.88. The smallest absolute Gasteiger partial charge is 0.390 e. The molecule has 1 amide bonds. The standard InChI is InChI=1S/C11H10ClN7O3/c1-7(6-18-16-11(15-17-18)19(21)22)13-14-10(20)8-2-4-9(12)5-3-8/h2-5H,6H2,1H3,(H,14,20)/b13-7-. The third-order valence-electron chi connectivity index (χ3n) is 2.43. The van der Waals surface area contributed by atoms with Gasteiger partial charge in [0.25, 0.3) is 5.91 Å². The normalized spacial score (nSPS) is 11.3. The molecule has 0 saturated carbocycles. The summed E-state index contributed by atoms with van der Waals surface area (Å²) in [6.07, 6.45) is 0. The van der Waals surface area contributed by atoms with E-state index in [-0.39, 0.29) is 6.54 Å². The molecule has 0 spiro atoms. The van der Waals surface area contributed by atoms with Crippen molar-refractivity contribution in [2.24, 2.45) is 5.10 Å². The number of carbonyl (C=O) groups excluding carboxylic acids is 1. The Morgan fingerprint density at radius 3 is 2.73 bits per heavy atom. The van der Waals surface area contributed by atoms with Crippen LogP contribution in [0.4, 0.5) is 5.95 Å². The molecule has 0 atom stereocenters. The summed E-state index contributed by atoms with van der Waals surface area (Å²) in [6, 6.07) is 6.30. The predicted molar refractivity (Wildman–Crippen MR) is 76.5 cm³/mol. The fraction of sp³-hybridized carbons (Fsp3) is 0.182. The third kappa shape index (κ3) is 4.06. The molecule has 0 radical (unpaired) electrons. The summed E-state index contributed by atoms with van der Waals surface area (Å²) in [5.41, 5.74) is 3.19. The highest BCUT2D eigenvalue weighted by atomic mass is 35.5. The quantitative estimate of drug-likeness (QED) is 0.497. The van der Waals surface area contributed by atoms with Crippen molar-refractivity contribution in [3.8, 4) is 0 Å². The zero-order valence-electron chi connectivity index (χ0n) is 11.3. The first-order chi connectivity index (χ1) is 10.5. The van der Waals surface area contributed by atoms with Gasteiger partial charge in [0.2, 0.25) is 0 Å². The lowest BCUT2D eigenvalue weighted by atomic mass is 10.2. The molecule has 2 aromatic rings. The van der Waals surface area contributed by atoms with Crippen LogP contribution in [0.1, 0.15) is 17.3 Å². The van der Waals surface area contributed by atoms with E-state index in [1.54, 1.807) is 31.2 Å². The van der Waals surface area contributed by atoms with Gasteiger partial charge in [-0.05, 0) is 36.1 Å². The van der Waals surface area contributed by atoms with Gasteiger partial charge in [0.15, 0.2) is 0 Å². The van der Waals surface area contributed by atoms with E-state index in [9.17, 15) is 14.9 Å². The maximum absolute atomic E-state index is 11.8. The Morgan fingerprint density at radius 2 is 2.14 bits per heavy atom. The molecular formula is C11H10ClN7O3. The Kier molecular flexibility index (Phi) is 4.73. The summed E-state index contributed by atoms with van der Waals surface area (Å²) in [7, 11) is 0. The van der Waals surface area contributed by atoms with E-state index in [1.165, 1.54) is 0 Å². The second-order valence-corrected chi connectivity index (χ2v) is 4.61. The Bertz CT molecular complexity index is 726. The van der Waals surface area contributed by atoms with E-state index < -0.39 is 16.8 Å². The van der Waals surface area contributed by atoms with Crippen molar-refractivity contribution >= 4 is 29.2 Å². The molecule has 0 aliphatic carbocycles. The molecule has 0 aliphatic heterocycles. The number of benzene rings is 1. The zero-order valence-corrected chi connectivity index (χ0v) is 12.1. The van der Waals surface area contributed by atoms with Crippen molar-refractivity contribution < 1.29 is 9.72 Å². The van der Waals surface area contributed by atoms with Gasteiger partial charge < -0.3 is 10.1 Å². The molecule has 22 heavy (non-hydrogen) atoms. The number of hydrogen-bond donors (Lipinski definition) is 1. The van der Waals surface area contributed by atoms with Crippen LogP contribution in [0.25, 0.3) is 0 Å². The maximum atomic E-state index is 11.8. The Morgan fingerprint density at radius 1 is 1.45 bits per heavy atom. The molecule has 1 N–H and O–H groups in total. The first-order valence-electron chi connectivity index (χ1n) is 5.97. The van der Waals surface area contributed by atoms with Gasteiger partial charge in [0.1, 0.15) is 6.54 Å². The van der Waals surface area contributed by atoms with Crippen LogP contribution >= 0.6 is 11.6 Å². The Balaban J connectivity index is 1.95. The first-order valence-corrected chi connectivity index (χ1v) is 6.35. The van der Waals surface area contributed by atoms with E-state index >= 15 is 0 Å². The van der Waals surface area contributed by atoms with Crippen LogP contribution in [0.15, 0.2) is 29.4 Å². The monoisotopic (exact) mass is 323 g/mol. The van der Waals surface area contributed by atoms with E-state index in [0.29, 0.717) is 16.3 Å². The third-order valence-corrected chi connectivity index (χ3v) is 2.68. The molecule has 0 fully saturated rings. The van der Waals surface area contributed by atoms with E-state index in [0.717, 1.165) is 4.80 Å². The molecule has 1 aromatic heterocycles. The summed E-state index contributed by atoms with van der Waals surface area (Å²) < 4.78 is 0. The fourth-order valence-corrected chi connectivity index (χ4v) is 1.55. The lowest BCUT2D eigenvalue weighted by molar-refractivity contribution is -0.394. The molecule has 11 heteroatoms. The Labute approximate surface area is 128 Å². The molecule has 0 unspecified atom stereocenters. The van der Waals surface area contributed by atoms with Crippen LogP contribution in [0.2, 0.25) is 5.02 Å². The van der Waals surface area contributed by atoms with E-state index in [4.69, 9.17) is 11.6 Å². The largest absolute Gasteiger partial charge is 0.514 e. The van der Waals surface area contributed by atoms with Crippen molar-refractivity contribution in [1.29, 1.82) is 0 Å². The number of nitrogens with one attached hydrogen (secondary N) is 1. The minimum atomic E-state index is -0.752. The number of carbonyl (C=O) groups is 1. The van der Waals surface area contributed by atoms with Gasteiger partial charge in [-0.2, -0.15) is 5.10 Å². The van der Waals surface area contributed by atoms with Gasteiger partial charge in [-0.3, -0.25) is 4.79 Å². The molecule has 2 rings (SSSR count). The van der Waals surface area contributed by atoms with Gasteiger partial charge in [0, 0.05) is 15.8 Å². The highest BCUT2D eigenvalue weighted by Gasteiger charge is 2.15. The number of nitrogens with zero attached hydrogens (tertiary/aromatic N) is 6. The van der Waals surface area contributed by atoms with Crippen LogP contribution in [-0.2, 0) is 6.54 Å². The van der Waals surface area contributed by atoms with E-state index in [1.807, 2.05) is 0 Å². The van der Waals surface area contributed by atoms with Crippen LogP contribution in [0, 0.1) is 10.1 Å². The summed E-state index contributed by atoms with van der Waals surface area (Å²) in [4.78, 5) is 22.5.